The standard InChI is InChI=1S/C25H27FN4O/c26-22-12-10-20(11-13-22)23-14-15-24(29-28-23)30-17-5-9-21(18-30)25(31)27-16-4-8-19-6-2-1-3-7-19/h1-3,6-7,10-15,21H,4-5,8-9,16-18H2,(H,27,31). The fourth-order valence-electron chi connectivity index (χ4n) is 3.96. The molecule has 2 aromatic carbocycles. The summed E-state index contributed by atoms with van der Waals surface area (Å²) in [5.41, 5.74) is 2.82. The zero-order chi connectivity index (χ0) is 21.5. The Balaban J connectivity index is 1.28. The summed E-state index contributed by atoms with van der Waals surface area (Å²) in [7, 11) is 0. The highest BCUT2D eigenvalue weighted by molar-refractivity contribution is 5.79. The molecule has 0 radical (unpaired) electrons. The van der Waals surface area contributed by atoms with Crippen LogP contribution in [0.15, 0.2) is 66.7 Å². The van der Waals surface area contributed by atoms with E-state index in [1.807, 2.05) is 30.3 Å². The lowest BCUT2D eigenvalue weighted by Gasteiger charge is -2.32. The van der Waals surface area contributed by atoms with Crippen molar-refractivity contribution in [3.05, 3.63) is 78.1 Å². The van der Waals surface area contributed by atoms with E-state index in [2.05, 4.69) is 32.5 Å². The van der Waals surface area contributed by atoms with Crippen LogP contribution in [0, 0.1) is 11.7 Å². The average molecular weight is 419 g/mol. The SMILES string of the molecule is O=C(NCCCc1ccccc1)C1CCCN(c2ccc(-c3ccc(F)cc3)nn2)C1. The first kappa shape index (κ1) is 21.0. The first-order valence-electron chi connectivity index (χ1n) is 10.9. The van der Waals surface area contributed by atoms with Crippen LogP contribution in [0.2, 0.25) is 0 Å². The molecule has 1 unspecified atom stereocenters. The lowest BCUT2D eigenvalue weighted by molar-refractivity contribution is -0.125. The van der Waals surface area contributed by atoms with Crippen LogP contribution in [0.5, 0.6) is 0 Å². The quantitative estimate of drug-likeness (QED) is 0.583. The number of piperidine rings is 1. The predicted molar refractivity (Wildman–Crippen MR) is 120 cm³/mol. The molecule has 5 nitrogen and oxygen atoms in total. The van der Waals surface area contributed by atoms with Crippen LogP contribution in [0.1, 0.15) is 24.8 Å². The van der Waals surface area contributed by atoms with Crippen molar-refractivity contribution in [3.63, 3.8) is 0 Å². The smallest absolute Gasteiger partial charge is 0.224 e. The second-order valence-corrected chi connectivity index (χ2v) is 7.95. The monoisotopic (exact) mass is 418 g/mol. The van der Waals surface area contributed by atoms with E-state index in [0.717, 1.165) is 43.6 Å². The second kappa shape index (κ2) is 10.2. The van der Waals surface area contributed by atoms with Gasteiger partial charge in [-0.15, -0.1) is 10.2 Å². The molecule has 1 saturated heterocycles. The van der Waals surface area contributed by atoms with Crippen LogP contribution in [-0.2, 0) is 11.2 Å². The number of carbonyl (C=O) groups excluding carboxylic acids is 1. The number of benzene rings is 2. The normalized spacial score (nSPS) is 16.2. The van der Waals surface area contributed by atoms with E-state index in [9.17, 15) is 9.18 Å². The minimum atomic E-state index is -0.272. The number of hydrogen-bond donors (Lipinski definition) is 1. The minimum Gasteiger partial charge on any atom is -0.356 e. The van der Waals surface area contributed by atoms with Gasteiger partial charge in [0.15, 0.2) is 5.82 Å². The molecule has 1 N–H and O–H groups in total. The lowest BCUT2D eigenvalue weighted by atomic mass is 9.97. The van der Waals surface area contributed by atoms with Crippen molar-refractivity contribution in [2.24, 2.45) is 5.92 Å². The first-order chi connectivity index (χ1) is 15.2. The Labute approximate surface area is 182 Å². The molecule has 1 fully saturated rings. The van der Waals surface area contributed by atoms with Crippen LogP contribution in [0.25, 0.3) is 11.3 Å². The number of aryl methyl sites for hydroxylation is 1. The van der Waals surface area contributed by atoms with E-state index in [-0.39, 0.29) is 17.6 Å². The summed E-state index contributed by atoms with van der Waals surface area (Å²) in [5, 5.41) is 11.8. The second-order valence-electron chi connectivity index (χ2n) is 7.95. The zero-order valence-corrected chi connectivity index (χ0v) is 17.5. The molecule has 6 heteroatoms. The van der Waals surface area contributed by atoms with Crippen molar-refractivity contribution in [1.29, 1.82) is 0 Å². The molecule has 0 saturated carbocycles. The maximum absolute atomic E-state index is 13.1. The number of halogens is 1. The highest BCUT2D eigenvalue weighted by Crippen LogP contribution is 2.23. The third-order valence-electron chi connectivity index (χ3n) is 5.69. The number of nitrogens with zero attached hydrogens (tertiary/aromatic N) is 3. The van der Waals surface area contributed by atoms with E-state index in [1.165, 1.54) is 17.7 Å². The summed E-state index contributed by atoms with van der Waals surface area (Å²) < 4.78 is 13.1. The van der Waals surface area contributed by atoms with Crippen molar-refractivity contribution in [3.8, 4) is 11.3 Å². The molecule has 2 heterocycles. The maximum Gasteiger partial charge on any atom is 0.224 e. The van der Waals surface area contributed by atoms with Gasteiger partial charge in [0.1, 0.15) is 5.82 Å². The summed E-state index contributed by atoms with van der Waals surface area (Å²) >= 11 is 0. The number of anilines is 1. The van der Waals surface area contributed by atoms with Crippen LogP contribution >= 0.6 is 0 Å². The molecule has 0 aliphatic carbocycles. The highest BCUT2D eigenvalue weighted by atomic mass is 19.1. The van der Waals surface area contributed by atoms with Gasteiger partial charge in [0.25, 0.3) is 0 Å². The van der Waals surface area contributed by atoms with Crippen LogP contribution in [0.4, 0.5) is 10.2 Å². The number of amides is 1. The van der Waals surface area contributed by atoms with Gasteiger partial charge < -0.3 is 10.2 Å². The summed E-state index contributed by atoms with van der Waals surface area (Å²) in [6.07, 6.45) is 3.74. The molecule has 3 aromatic rings. The number of nitrogens with one attached hydrogen (secondary N) is 1. The van der Waals surface area contributed by atoms with Crippen LogP contribution < -0.4 is 10.2 Å². The third-order valence-corrected chi connectivity index (χ3v) is 5.69. The third kappa shape index (κ3) is 5.66. The largest absolute Gasteiger partial charge is 0.356 e. The Morgan fingerprint density at radius 2 is 1.84 bits per heavy atom. The van der Waals surface area contributed by atoms with Gasteiger partial charge >= 0.3 is 0 Å². The van der Waals surface area contributed by atoms with Crippen molar-refractivity contribution in [2.45, 2.75) is 25.7 Å². The number of carbonyl (C=O) groups is 1. The summed E-state index contributed by atoms with van der Waals surface area (Å²) in [4.78, 5) is 14.8. The molecule has 0 bridgehead atoms. The summed E-state index contributed by atoms with van der Waals surface area (Å²) in [6.45, 7) is 2.20. The van der Waals surface area contributed by atoms with Crippen molar-refractivity contribution in [2.75, 3.05) is 24.5 Å². The molecular weight excluding hydrogens is 391 g/mol. The van der Waals surface area contributed by atoms with E-state index >= 15 is 0 Å². The Kier molecular flexibility index (Phi) is 6.87. The minimum absolute atomic E-state index is 0.0379. The van der Waals surface area contributed by atoms with E-state index in [4.69, 9.17) is 0 Å². The molecule has 160 valence electrons. The number of rotatable bonds is 7. The van der Waals surface area contributed by atoms with Crippen molar-refractivity contribution in [1.82, 2.24) is 15.5 Å². The Morgan fingerprint density at radius 3 is 2.58 bits per heavy atom. The van der Waals surface area contributed by atoms with Crippen LogP contribution in [0.3, 0.4) is 0 Å². The fraction of sp³-hybridized carbons (Fsp3) is 0.320. The summed E-state index contributed by atoms with van der Waals surface area (Å²) in [6, 6.07) is 20.4. The fourth-order valence-corrected chi connectivity index (χ4v) is 3.96. The van der Waals surface area contributed by atoms with Gasteiger partial charge in [0.05, 0.1) is 11.6 Å². The highest BCUT2D eigenvalue weighted by Gasteiger charge is 2.26. The molecule has 31 heavy (non-hydrogen) atoms. The first-order valence-corrected chi connectivity index (χ1v) is 10.9. The molecule has 1 atom stereocenters. The van der Waals surface area contributed by atoms with Crippen LogP contribution in [-0.4, -0.2) is 35.7 Å². The molecular formula is C25H27FN4O. The van der Waals surface area contributed by atoms with Crippen molar-refractivity contribution >= 4 is 11.7 Å². The van der Waals surface area contributed by atoms with E-state index < -0.39 is 0 Å². The zero-order valence-electron chi connectivity index (χ0n) is 17.5. The predicted octanol–water partition coefficient (Wildman–Crippen LogP) is 4.25. The molecule has 1 amide bonds. The lowest BCUT2D eigenvalue weighted by Crippen LogP contribution is -2.43. The Hall–Kier alpha value is -3.28. The van der Waals surface area contributed by atoms with Gasteiger partial charge in [-0.1, -0.05) is 30.3 Å². The molecule has 1 aliphatic heterocycles. The van der Waals surface area contributed by atoms with Gasteiger partial charge in [-0.25, -0.2) is 4.39 Å². The number of aromatic nitrogens is 2. The van der Waals surface area contributed by atoms with Gasteiger partial charge in [0, 0.05) is 25.2 Å². The van der Waals surface area contributed by atoms with Gasteiger partial charge in [-0.05, 0) is 67.6 Å². The van der Waals surface area contributed by atoms with E-state index in [1.54, 1.807) is 12.1 Å². The molecule has 1 aliphatic rings. The Morgan fingerprint density at radius 1 is 1.03 bits per heavy atom. The Bertz CT molecular complexity index is 977. The molecule has 0 spiro atoms. The summed E-state index contributed by atoms with van der Waals surface area (Å²) in [5.74, 6) is 0.580. The number of hydrogen-bond acceptors (Lipinski definition) is 4. The van der Waals surface area contributed by atoms with Gasteiger partial charge in [0.2, 0.25) is 5.91 Å². The van der Waals surface area contributed by atoms with Gasteiger partial charge in [-0.2, -0.15) is 0 Å². The molecule has 4 rings (SSSR count). The van der Waals surface area contributed by atoms with Crippen molar-refractivity contribution < 1.29 is 9.18 Å². The topological polar surface area (TPSA) is 58.1 Å². The van der Waals surface area contributed by atoms with E-state index in [0.29, 0.717) is 18.8 Å². The molecule has 1 aromatic heterocycles. The van der Waals surface area contributed by atoms with Gasteiger partial charge in [-0.3, -0.25) is 4.79 Å². The average Bonchev–Trinajstić information content (AvgIpc) is 2.83. The maximum atomic E-state index is 13.1.